The molecule has 0 saturated carbocycles. The van der Waals surface area contributed by atoms with Gasteiger partial charge in [0.15, 0.2) is 0 Å². The summed E-state index contributed by atoms with van der Waals surface area (Å²) in [5.41, 5.74) is 1.70. The summed E-state index contributed by atoms with van der Waals surface area (Å²) in [5, 5.41) is 18.6. The standard InChI is InChI=1S/C20H14O5/c21-16-10-11-18(17(12-16)13-4-2-1-3-5-13)25-20(24)15-8-6-14(7-9-15)19(22)23/h1-12,21H,(H,22,23). The van der Waals surface area contributed by atoms with Crippen LogP contribution in [0.1, 0.15) is 20.7 Å². The van der Waals surface area contributed by atoms with Crippen LogP contribution in [-0.4, -0.2) is 22.2 Å². The van der Waals surface area contributed by atoms with Gasteiger partial charge in [-0.25, -0.2) is 9.59 Å². The van der Waals surface area contributed by atoms with Gasteiger partial charge in [0.25, 0.3) is 0 Å². The average Bonchev–Trinajstić information content (AvgIpc) is 2.64. The Morgan fingerprint density at radius 3 is 2.08 bits per heavy atom. The van der Waals surface area contributed by atoms with Crippen molar-refractivity contribution in [3.05, 3.63) is 83.9 Å². The minimum atomic E-state index is -1.06. The molecule has 124 valence electrons. The molecule has 5 heteroatoms. The van der Waals surface area contributed by atoms with Gasteiger partial charge in [0, 0.05) is 5.56 Å². The molecule has 0 atom stereocenters. The summed E-state index contributed by atoms with van der Waals surface area (Å²) in [6.45, 7) is 0. The van der Waals surface area contributed by atoms with E-state index in [2.05, 4.69) is 0 Å². The zero-order chi connectivity index (χ0) is 17.8. The van der Waals surface area contributed by atoms with Gasteiger partial charge in [-0.1, -0.05) is 30.3 Å². The van der Waals surface area contributed by atoms with Gasteiger partial charge in [0.1, 0.15) is 11.5 Å². The molecule has 3 aromatic carbocycles. The zero-order valence-corrected chi connectivity index (χ0v) is 13.0. The minimum absolute atomic E-state index is 0.0597. The summed E-state index contributed by atoms with van der Waals surface area (Å²) in [6, 6.07) is 19.2. The predicted octanol–water partition coefficient (Wildman–Crippen LogP) is 3.98. The van der Waals surface area contributed by atoms with Crippen LogP contribution < -0.4 is 4.74 Å². The maximum Gasteiger partial charge on any atom is 0.343 e. The lowest BCUT2D eigenvalue weighted by molar-refractivity contribution is 0.0692. The predicted molar refractivity (Wildman–Crippen MR) is 91.9 cm³/mol. The van der Waals surface area contributed by atoms with Crippen LogP contribution in [0.15, 0.2) is 72.8 Å². The number of carboxylic acid groups (broad SMARTS) is 1. The van der Waals surface area contributed by atoms with Crippen molar-refractivity contribution in [1.29, 1.82) is 0 Å². The maximum atomic E-state index is 12.3. The molecule has 0 heterocycles. The Morgan fingerprint density at radius 2 is 1.44 bits per heavy atom. The van der Waals surface area contributed by atoms with E-state index in [0.29, 0.717) is 11.3 Å². The third-order valence-electron chi connectivity index (χ3n) is 3.62. The number of carbonyl (C=O) groups excluding carboxylic acids is 1. The smallest absolute Gasteiger partial charge is 0.343 e. The Morgan fingerprint density at radius 1 is 0.800 bits per heavy atom. The fourth-order valence-electron chi connectivity index (χ4n) is 2.36. The Bertz CT molecular complexity index is 915. The van der Waals surface area contributed by atoms with Crippen LogP contribution in [0.2, 0.25) is 0 Å². The van der Waals surface area contributed by atoms with Gasteiger partial charge in [-0.05, 0) is 48.0 Å². The van der Waals surface area contributed by atoms with Crippen LogP contribution in [0, 0.1) is 0 Å². The molecular weight excluding hydrogens is 320 g/mol. The Kier molecular flexibility index (Phi) is 4.48. The molecule has 0 saturated heterocycles. The van der Waals surface area contributed by atoms with Gasteiger partial charge < -0.3 is 14.9 Å². The van der Waals surface area contributed by atoms with Gasteiger partial charge in [-0.2, -0.15) is 0 Å². The fourth-order valence-corrected chi connectivity index (χ4v) is 2.36. The molecule has 0 unspecified atom stereocenters. The number of carboxylic acids is 1. The van der Waals surface area contributed by atoms with Crippen LogP contribution in [0.4, 0.5) is 0 Å². The van der Waals surface area contributed by atoms with Crippen molar-refractivity contribution >= 4 is 11.9 Å². The van der Waals surface area contributed by atoms with Gasteiger partial charge >= 0.3 is 11.9 Å². The first-order chi connectivity index (χ1) is 12.0. The van der Waals surface area contributed by atoms with E-state index in [1.54, 1.807) is 0 Å². The highest BCUT2D eigenvalue weighted by molar-refractivity contribution is 5.94. The van der Waals surface area contributed by atoms with Crippen molar-refractivity contribution in [2.75, 3.05) is 0 Å². The van der Waals surface area contributed by atoms with E-state index in [-0.39, 0.29) is 16.9 Å². The molecule has 0 amide bonds. The number of ether oxygens (including phenoxy) is 1. The summed E-state index contributed by atoms with van der Waals surface area (Å²) in [4.78, 5) is 23.2. The molecule has 0 aliphatic heterocycles. The monoisotopic (exact) mass is 334 g/mol. The SMILES string of the molecule is O=C(O)c1ccc(C(=O)Oc2ccc(O)cc2-c2ccccc2)cc1. The van der Waals surface area contributed by atoms with E-state index in [0.717, 1.165) is 5.56 Å². The Hall–Kier alpha value is -3.60. The number of phenols is 1. The molecule has 2 N–H and O–H groups in total. The summed E-state index contributed by atoms with van der Waals surface area (Å²) in [6.07, 6.45) is 0. The fraction of sp³-hybridized carbons (Fsp3) is 0. The van der Waals surface area contributed by atoms with E-state index in [4.69, 9.17) is 9.84 Å². The summed E-state index contributed by atoms with van der Waals surface area (Å²) >= 11 is 0. The van der Waals surface area contributed by atoms with Crippen molar-refractivity contribution in [2.24, 2.45) is 0 Å². The largest absolute Gasteiger partial charge is 0.508 e. The van der Waals surface area contributed by atoms with Crippen LogP contribution in [0.25, 0.3) is 11.1 Å². The van der Waals surface area contributed by atoms with Crippen LogP contribution in [0.5, 0.6) is 11.5 Å². The number of carbonyl (C=O) groups is 2. The second-order valence-electron chi connectivity index (χ2n) is 5.32. The quantitative estimate of drug-likeness (QED) is 0.557. The molecular formula is C20H14O5. The normalized spacial score (nSPS) is 10.2. The highest BCUT2D eigenvalue weighted by Crippen LogP contribution is 2.33. The lowest BCUT2D eigenvalue weighted by Gasteiger charge is -2.11. The number of esters is 1. The molecule has 3 aromatic rings. The molecule has 0 bridgehead atoms. The van der Waals surface area contributed by atoms with Crippen LogP contribution in [0.3, 0.4) is 0 Å². The summed E-state index contributed by atoms with van der Waals surface area (Å²) in [7, 11) is 0. The number of rotatable bonds is 4. The maximum absolute atomic E-state index is 12.3. The molecule has 0 aromatic heterocycles. The second kappa shape index (κ2) is 6.88. The van der Waals surface area contributed by atoms with Crippen molar-refractivity contribution in [3.8, 4) is 22.6 Å². The third-order valence-corrected chi connectivity index (χ3v) is 3.62. The van der Waals surface area contributed by atoms with E-state index < -0.39 is 11.9 Å². The molecule has 5 nitrogen and oxygen atoms in total. The van der Waals surface area contributed by atoms with Crippen molar-refractivity contribution in [1.82, 2.24) is 0 Å². The number of phenolic OH excluding ortho intramolecular Hbond substituents is 1. The number of aromatic hydroxyl groups is 1. The molecule has 0 fully saturated rings. The van der Waals surface area contributed by atoms with Gasteiger partial charge in [0.2, 0.25) is 0 Å². The number of hydrogen-bond donors (Lipinski definition) is 2. The molecule has 0 aliphatic rings. The lowest BCUT2D eigenvalue weighted by atomic mass is 10.0. The number of aromatic carboxylic acids is 1. The van der Waals surface area contributed by atoms with E-state index in [1.807, 2.05) is 30.3 Å². The van der Waals surface area contributed by atoms with E-state index in [9.17, 15) is 14.7 Å². The highest BCUT2D eigenvalue weighted by atomic mass is 16.5. The molecule has 3 rings (SSSR count). The second-order valence-corrected chi connectivity index (χ2v) is 5.32. The third kappa shape index (κ3) is 3.67. The Labute approximate surface area is 143 Å². The molecule has 0 radical (unpaired) electrons. The summed E-state index contributed by atoms with van der Waals surface area (Å²) in [5.74, 6) is -1.31. The van der Waals surface area contributed by atoms with Crippen molar-refractivity contribution in [3.63, 3.8) is 0 Å². The molecule has 25 heavy (non-hydrogen) atoms. The average molecular weight is 334 g/mol. The zero-order valence-electron chi connectivity index (χ0n) is 13.0. The molecule has 0 aliphatic carbocycles. The van der Waals surface area contributed by atoms with Gasteiger partial charge in [-0.15, -0.1) is 0 Å². The highest BCUT2D eigenvalue weighted by Gasteiger charge is 2.14. The van der Waals surface area contributed by atoms with Crippen molar-refractivity contribution in [2.45, 2.75) is 0 Å². The Balaban J connectivity index is 1.90. The van der Waals surface area contributed by atoms with Crippen LogP contribution in [-0.2, 0) is 0 Å². The van der Waals surface area contributed by atoms with Gasteiger partial charge in [-0.3, -0.25) is 0 Å². The first-order valence-electron chi connectivity index (χ1n) is 7.48. The topological polar surface area (TPSA) is 83.8 Å². The van der Waals surface area contributed by atoms with Gasteiger partial charge in [0.05, 0.1) is 11.1 Å². The lowest BCUT2D eigenvalue weighted by Crippen LogP contribution is -2.09. The first kappa shape index (κ1) is 16.3. The number of benzene rings is 3. The molecule has 0 spiro atoms. The van der Waals surface area contributed by atoms with Crippen LogP contribution >= 0.6 is 0 Å². The number of hydrogen-bond acceptors (Lipinski definition) is 4. The van der Waals surface area contributed by atoms with E-state index >= 15 is 0 Å². The van der Waals surface area contributed by atoms with Crippen molar-refractivity contribution < 1.29 is 24.5 Å². The summed E-state index contributed by atoms with van der Waals surface area (Å²) < 4.78 is 5.44. The van der Waals surface area contributed by atoms with E-state index in [1.165, 1.54) is 42.5 Å². The minimum Gasteiger partial charge on any atom is -0.508 e. The first-order valence-corrected chi connectivity index (χ1v) is 7.48.